The number of benzene rings is 2. The lowest BCUT2D eigenvalue weighted by molar-refractivity contribution is 0.0938. The largest absolute Gasteiger partial charge is 0.350 e. The molecule has 1 N–H and O–H groups in total. The van der Waals surface area contributed by atoms with Gasteiger partial charge in [-0.15, -0.1) is 0 Å². The predicted molar refractivity (Wildman–Crippen MR) is 82.9 cm³/mol. The van der Waals surface area contributed by atoms with Crippen LogP contribution in [-0.2, 0) is 6.42 Å². The molecule has 2 heteroatoms. The molecule has 0 spiro atoms. The Hall–Kier alpha value is -2.09. The van der Waals surface area contributed by atoms with Gasteiger partial charge in [-0.25, -0.2) is 0 Å². The molecule has 0 saturated heterocycles. The first-order chi connectivity index (χ1) is 9.65. The van der Waals surface area contributed by atoms with Gasteiger partial charge in [-0.1, -0.05) is 48.0 Å². The second-order valence-corrected chi connectivity index (χ2v) is 5.26. The molecule has 0 aliphatic heterocycles. The summed E-state index contributed by atoms with van der Waals surface area (Å²) in [4.78, 5) is 12.1. The predicted octanol–water partition coefficient (Wildman–Crippen LogP) is 3.75. The van der Waals surface area contributed by atoms with Crippen LogP contribution in [0.3, 0.4) is 0 Å². The van der Waals surface area contributed by atoms with Crippen LogP contribution in [0.1, 0.15) is 34.8 Å². The van der Waals surface area contributed by atoms with Crippen LogP contribution in [0.5, 0.6) is 0 Å². The number of nitrogens with one attached hydrogen (secondary N) is 1. The van der Waals surface area contributed by atoms with E-state index in [1.807, 2.05) is 49.4 Å². The van der Waals surface area contributed by atoms with E-state index in [-0.39, 0.29) is 11.9 Å². The molecule has 0 fully saturated rings. The number of amides is 1. The lowest BCUT2D eigenvalue weighted by Crippen LogP contribution is -2.32. The Morgan fingerprint density at radius 3 is 2.35 bits per heavy atom. The van der Waals surface area contributed by atoms with Gasteiger partial charge in [0.25, 0.3) is 5.91 Å². The van der Waals surface area contributed by atoms with E-state index < -0.39 is 0 Å². The highest BCUT2D eigenvalue weighted by Gasteiger charge is 2.09. The van der Waals surface area contributed by atoms with Gasteiger partial charge in [0.05, 0.1) is 0 Å². The number of carbonyl (C=O) groups is 1. The molecule has 1 atom stereocenters. The van der Waals surface area contributed by atoms with Crippen molar-refractivity contribution in [2.24, 2.45) is 0 Å². The fourth-order valence-corrected chi connectivity index (χ4v) is 2.11. The highest BCUT2D eigenvalue weighted by atomic mass is 16.1. The number of hydrogen-bond acceptors (Lipinski definition) is 1. The molecule has 1 amide bonds. The Morgan fingerprint density at radius 1 is 1.05 bits per heavy atom. The van der Waals surface area contributed by atoms with Gasteiger partial charge in [-0.3, -0.25) is 4.79 Å². The molecule has 2 nitrogen and oxygen atoms in total. The first kappa shape index (κ1) is 14.3. The van der Waals surface area contributed by atoms with Crippen molar-refractivity contribution in [1.29, 1.82) is 0 Å². The molecule has 0 saturated carbocycles. The minimum Gasteiger partial charge on any atom is -0.350 e. The fourth-order valence-electron chi connectivity index (χ4n) is 2.11. The molecule has 104 valence electrons. The van der Waals surface area contributed by atoms with Crippen LogP contribution < -0.4 is 5.32 Å². The van der Waals surface area contributed by atoms with Crippen molar-refractivity contribution in [2.75, 3.05) is 0 Å². The van der Waals surface area contributed by atoms with Crippen molar-refractivity contribution in [3.63, 3.8) is 0 Å². The molecule has 20 heavy (non-hydrogen) atoms. The van der Waals surface area contributed by atoms with Crippen LogP contribution in [0.2, 0.25) is 0 Å². The van der Waals surface area contributed by atoms with E-state index in [4.69, 9.17) is 0 Å². The Labute approximate surface area is 120 Å². The summed E-state index contributed by atoms with van der Waals surface area (Å²) in [6, 6.07) is 18.2. The fraction of sp³-hybridized carbons (Fsp3) is 0.278. The minimum absolute atomic E-state index is 0.00515. The second kappa shape index (κ2) is 6.90. The van der Waals surface area contributed by atoms with Crippen molar-refractivity contribution in [2.45, 2.75) is 32.7 Å². The molecule has 2 aromatic rings. The van der Waals surface area contributed by atoms with Crippen LogP contribution in [0, 0.1) is 6.92 Å². The Kier molecular flexibility index (Phi) is 4.94. The van der Waals surface area contributed by atoms with Crippen molar-refractivity contribution in [3.8, 4) is 0 Å². The lowest BCUT2D eigenvalue weighted by atomic mass is 10.1. The Morgan fingerprint density at radius 2 is 1.70 bits per heavy atom. The second-order valence-electron chi connectivity index (χ2n) is 5.26. The molecule has 2 rings (SSSR count). The summed E-state index contributed by atoms with van der Waals surface area (Å²) in [5, 5.41) is 3.05. The van der Waals surface area contributed by atoms with Crippen LogP contribution >= 0.6 is 0 Å². The molecular formula is C18H21NO. The van der Waals surface area contributed by atoms with E-state index in [1.54, 1.807) is 0 Å². The molecule has 0 aliphatic rings. The van der Waals surface area contributed by atoms with Crippen LogP contribution in [0.25, 0.3) is 0 Å². The third-order valence-corrected chi connectivity index (χ3v) is 3.40. The average Bonchev–Trinajstić information content (AvgIpc) is 2.47. The molecule has 0 radical (unpaired) electrons. The lowest BCUT2D eigenvalue weighted by Gasteiger charge is -2.14. The maximum absolute atomic E-state index is 12.1. The van der Waals surface area contributed by atoms with Gasteiger partial charge in [-0.05, 0) is 44.4 Å². The van der Waals surface area contributed by atoms with E-state index in [2.05, 4.69) is 24.4 Å². The Balaban J connectivity index is 1.83. The third-order valence-electron chi connectivity index (χ3n) is 3.40. The summed E-state index contributed by atoms with van der Waals surface area (Å²) in [5.41, 5.74) is 3.20. The van der Waals surface area contributed by atoms with Gasteiger partial charge in [0.2, 0.25) is 0 Å². The van der Waals surface area contributed by atoms with Gasteiger partial charge in [0.1, 0.15) is 0 Å². The third kappa shape index (κ3) is 4.23. The monoisotopic (exact) mass is 267 g/mol. The van der Waals surface area contributed by atoms with Gasteiger partial charge in [-0.2, -0.15) is 0 Å². The van der Waals surface area contributed by atoms with Crippen molar-refractivity contribution >= 4 is 5.91 Å². The maximum Gasteiger partial charge on any atom is 0.251 e. The number of aryl methyl sites for hydroxylation is 2. The van der Waals surface area contributed by atoms with E-state index in [0.29, 0.717) is 0 Å². The molecule has 0 unspecified atom stereocenters. The SMILES string of the molecule is Cc1ccc(C(=O)N[C@H](C)CCc2ccccc2)cc1. The standard InChI is InChI=1S/C18H21NO/c1-14-8-12-17(13-9-14)18(20)19-15(2)10-11-16-6-4-3-5-7-16/h3-9,12-13,15H,10-11H2,1-2H3,(H,19,20)/t15-/m1/s1. The maximum atomic E-state index is 12.1. The molecule has 2 aromatic carbocycles. The number of rotatable bonds is 5. The van der Waals surface area contributed by atoms with E-state index in [9.17, 15) is 4.79 Å². The topological polar surface area (TPSA) is 29.1 Å². The Bertz CT molecular complexity index is 545. The highest BCUT2D eigenvalue weighted by molar-refractivity contribution is 5.94. The van der Waals surface area contributed by atoms with Gasteiger partial charge < -0.3 is 5.32 Å². The average molecular weight is 267 g/mol. The normalized spacial score (nSPS) is 11.9. The quantitative estimate of drug-likeness (QED) is 0.878. The van der Waals surface area contributed by atoms with Crippen molar-refractivity contribution < 1.29 is 4.79 Å². The zero-order valence-electron chi connectivity index (χ0n) is 12.1. The summed E-state index contributed by atoms with van der Waals surface area (Å²) >= 11 is 0. The van der Waals surface area contributed by atoms with Crippen molar-refractivity contribution in [3.05, 3.63) is 71.3 Å². The minimum atomic E-state index is 0.00515. The van der Waals surface area contributed by atoms with Gasteiger partial charge in [0, 0.05) is 11.6 Å². The van der Waals surface area contributed by atoms with Crippen LogP contribution in [0.4, 0.5) is 0 Å². The van der Waals surface area contributed by atoms with Gasteiger partial charge >= 0.3 is 0 Å². The molecule has 0 heterocycles. The van der Waals surface area contributed by atoms with Crippen LogP contribution in [-0.4, -0.2) is 11.9 Å². The molecule has 0 bridgehead atoms. The number of hydrogen-bond donors (Lipinski definition) is 1. The molecule has 0 aromatic heterocycles. The molecular weight excluding hydrogens is 246 g/mol. The van der Waals surface area contributed by atoms with E-state index >= 15 is 0 Å². The zero-order valence-corrected chi connectivity index (χ0v) is 12.1. The van der Waals surface area contributed by atoms with Crippen LogP contribution in [0.15, 0.2) is 54.6 Å². The summed E-state index contributed by atoms with van der Waals surface area (Å²) in [5.74, 6) is 0.00515. The van der Waals surface area contributed by atoms with Crippen molar-refractivity contribution in [1.82, 2.24) is 5.32 Å². The smallest absolute Gasteiger partial charge is 0.251 e. The first-order valence-corrected chi connectivity index (χ1v) is 7.06. The summed E-state index contributed by atoms with van der Waals surface area (Å²) in [6.07, 6.45) is 1.93. The van der Waals surface area contributed by atoms with Gasteiger partial charge in [0.15, 0.2) is 0 Å². The summed E-state index contributed by atoms with van der Waals surface area (Å²) in [6.45, 7) is 4.07. The first-order valence-electron chi connectivity index (χ1n) is 7.06. The summed E-state index contributed by atoms with van der Waals surface area (Å²) in [7, 11) is 0. The zero-order chi connectivity index (χ0) is 14.4. The molecule has 0 aliphatic carbocycles. The van der Waals surface area contributed by atoms with E-state index in [1.165, 1.54) is 11.1 Å². The summed E-state index contributed by atoms with van der Waals surface area (Å²) < 4.78 is 0. The highest BCUT2D eigenvalue weighted by Crippen LogP contribution is 2.07. The number of carbonyl (C=O) groups excluding carboxylic acids is 1. The van der Waals surface area contributed by atoms with E-state index in [0.717, 1.165) is 18.4 Å².